The third kappa shape index (κ3) is 2.53. The van der Waals surface area contributed by atoms with Gasteiger partial charge >= 0.3 is 0 Å². The summed E-state index contributed by atoms with van der Waals surface area (Å²) in [6.07, 6.45) is -2.73. The van der Waals surface area contributed by atoms with Crippen LogP contribution in [0.25, 0.3) is 0 Å². The minimum absolute atomic E-state index is 0.314. The number of carbonyl (C=O) groups excluding carboxylic acids is 1. The van der Waals surface area contributed by atoms with Crippen LogP contribution in [0.5, 0.6) is 0 Å². The van der Waals surface area contributed by atoms with Crippen LogP contribution < -0.4 is 0 Å². The lowest BCUT2D eigenvalue weighted by atomic mass is 10.2. The highest BCUT2D eigenvalue weighted by atomic mass is 35.5. The maximum atomic E-state index is 12.0. The monoisotopic (exact) mass is 236 g/mol. The number of hydrogen-bond donors (Lipinski definition) is 0. The average molecular weight is 237 g/mol. The number of halogens is 3. The highest BCUT2D eigenvalue weighted by Crippen LogP contribution is 2.21. The topological polar surface area (TPSA) is 34.9 Å². The Labute approximate surface area is 91.0 Å². The van der Waals surface area contributed by atoms with Crippen molar-refractivity contribution in [3.05, 3.63) is 16.4 Å². The smallest absolute Gasteiger partial charge is 0.293 e. The molecule has 0 aliphatic heterocycles. The number of hydrogen-bond acceptors (Lipinski definition) is 2. The van der Waals surface area contributed by atoms with Gasteiger partial charge in [-0.1, -0.05) is 18.5 Å². The van der Waals surface area contributed by atoms with Crippen LogP contribution in [0.15, 0.2) is 0 Å². The summed E-state index contributed by atoms with van der Waals surface area (Å²) in [6.45, 7) is 1.85. The summed E-state index contributed by atoms with van der Waals surface area (Å²) in [5.41, 5.74) is 0.968. The number of carbonyl (C=O) groups is 1. The molecule has 0 bridgehead atoms. The van der Waals surface area contributed by atoms with Crippen LogP contribution in [0.1, 0.15) is 18.3 Å². The van der Waals surface area contributed by atoms with Gasteiger partial charge in [0.2, 0.25) is 5.78 Å². The number of nitrogens with zero attached hydrogens (tertiary/aromatic N) is 2. The molecule has 1 aromatic rings. The van der Waals surface area contributed by atoms with Gasteiger partial charge in [-0.05, 0) is 6.42 Å². The van der Waals surface area contributed by atoms with Crippen molar-refractivity contribution in [1.29, 1.82) is 0 Å². The molecule has 3 nitrogen and oxygen atoms in total. The van der Waals surface area contributed by atoms with E-state index in [0.717, 1.165) is 0 Å². The summed E-state index contributed by atoms with van der Waals surface area (Å²) in [6, 6.07) is 0. The van der Waals surface area contributed by atoms with Crippen molar-refractivity contribution in [3.63, 3.8) is 0 Å². The van der Waals surface area contributed by atoms with Crippen molar-refractivity contribution < 1.29 is 13.6 Å². The second-order valence-electron chi connectivity index (χ2n) is 3.13. The van der Waals surface area contributed by atoms with E-state index in [1.807, 2.05) is 6.92 Å². The Morgan fingerprint density at radius 2 is 2.20 bits per heavy atom. The van der Waals surface area contributed by atoms with Crippen molar-refractivity contribution in [2.24, 2.45) is 7.05 Å². The predicted molar refractivity (Wildman–Crippen MR) is 52.3 cm³/mol. The standard InChI is InChI=1S/C9H11ClF2N2O/c1-3-5-8(10)6(14(2)13-5)4-7(15)9(11)12/h9H,3-4H2,1-2H3. The summed E-state index contributed by atoms with van der Waals surface area (Å²) < 4.78 is 25.5. The van der Waals surface area contributed by atoms with Crippen LogP contribution in [0.2, 0.25) is 5.02 Å². The first-order valence-corrected chi connectivity index (χ1v) is 4.86. The highest BCUT2D eigenvalue weighted by molar-refractivity contribution is 6.32. The maximum absolute atomic E-state index is 12.0. The third-order valence-electron chi connectivity index (χ3n) is 2.09. The van der Waals surface area contributed by atoms with Gasteiger partial charge in [-0.15, -0.1) is 0 Å². The molecule has 0 atom stereocenters. The van der Waals surface area contributed by atoms with E-state index in [9.17, 15) is 13.6 Å². The molecular weight excluding hydrogens is 226 g/mol. The van der Waals surface area contributed by atoms with Gasteiger partial charge in [0.15, 0.2) is 0 Å². The zero-order valence-electron chi connectivity index (χ0n) is 8.43. The molecule has 0 saturated carbocycles. The number of aryl methyl sites for hydroxylation is 2. The van der Waals surface area contributed by atoms with Gasteiger partial charge in [0, 0.05) is 7.05 Å². The average Bonchev–Trinajstić information content (AvgIpc) is 2.44. The molecule has 0 unspecified atom stereocenters. The molecule has 6 heteroatoms. The molecule has 15 heavy (non-hydrogen) atoms. The normalized spacial score (nSPS) is 11.1. The second kappa shape index (κ2) is 4.70. The fourth-order valence-electron chi connectivity index (χ4n) is 1.25. The molecule has 84 valence electrons. The molecule has 0 amide bonds. The van der Waals surface area contributed by atoms with Gasteiger partial charge in [-0.25, -0.2) is 8.78 Å². The Balaban J connectivity index is 2.95. The summed E-state index contributed by atoms with van der Waals surface area (Å²) in [5, 5.41) is 4.34. The number of Topliss-reactive ketones (excluding diaryl/α,β-unsaturated/α-hetero) is 1. The lowest BCUT2D eigenvalue weighted by Gasteiger charge is -2.01. The highest BCUT2D eigenvalue weighted by Gasteiger charge is 2.21. The molecule has 0 saturated heterocycles. The quantitative estimate of drug-likeness (QED) is 0.802. The van der Waals surface area contributed by atoms with E-state index in [0.29, 0.717) is 22.8 Å². The Kier molecular flexibility index (Phi) is 3.79. The van der Waals surface area contributed by atoms with Gasteiger partial charge in [-0.3, -0.25) is 9.48 Å². The molecule has 1 aromatic heterocycles. The largest absolute Gasteiger partial charge is 0.296 e. The number of alkyl halides is 2. The van der Waals surface area contributed by atoms with Crippen LogP contribution in [-0.4, -0.2) is 22.0 Å². The first-order chi connectivity index (χ1) is 6.97. The van der Waals surface area contributed by atoms with E-state index in [4.69, 9.17) is 11.6 Å². The van der Waals surface area contributed by atoms with Gasteiger partial charge in [-0.2, -0.15) is 5.10 Å². The van der Waals surface area contributed by atoms with Gasteiger partial charge in [0.1, 0.15) is 0 Å². The summed E-state index contributed by atoms with van der Waals surface area (Å²) >= 11 is 5.90. The summed E-state index contributed by atoms with van der Waals surface area (Å²) in [5.74, 6) is -1.14. The minimum Gasteiger partial charge on any atom is -0.293 e. The number of rotatable bonds is 4. The molecule has 0 aliphatic carbocycles. The van der Waals surface area contributed by atoms with Crippen LogP contribution in [0.3, 0.4) is 0 Å². The zero-order valence-corrected chi connectivity index (χ0v) is 9.18. The fraction of sp³-hybridized carbons (Fsp3) is 0.556. The Bertz CT molecular complexity index is 376. The third-order valence-corrected chi connectivity index (χ3v) is 2.52. The maximum Gasteiger partial charge on any atom is 0.296 e. The second-order valence-corrected chi connectivity index (χ2v) is 3.51. The van der Waals surface area contributed by atoms with Crippen LogP contribution >= 0.6 is 11.6 Å². The molecule has 0 spiro atoms. The molecule has 0 N–H and O–H groups in total. The zero-order chi connectivity index (χ0) is 11.6. The molecule has 1 heterocycles. The van der Waals surface area contributed by atoms with E-state index >= 15 is 0 Å². The van der Waals surface area contributed by atoms with E-state index < -0.39 is 12.2 Å². The first-order valence-electron chi connectivity index (χ1n) is 4.48. The Morgan fingerprint density at radius 3 is 2.60 bits per heavy atom. The molecule has 0 aromatic carbocycles. The van der Waals surface area contributed by atoms with Crippen LogP contribution in [0, 0.1) is 0 Å². The molecular formula is C9H11ClF2N2O. The van der Waals surface area contributed by atoms with Crippen LogP contribution in [-0.2, 0) is 24.7 Å². The fourth-order valence-corrected chi connectivity index (χ4v) is 1.61. The number of ketones is 1. The van der Waals surface area contributed by atoms with E-state index in [-0.39, 0.29) is 6.42 Å². The van der Waals surface area contributed by atoms with Crippen molar-refractivity contribution in [1.82, 2.24) is 9.78 Å². The minimum atomic E-state index is -2.96. The summed E-state index contributed by atoms with van der Waals surface area (Å²) in [4.78, 5) is 10.9. The molecule has 0 radical (unpaired) electrons. The van der Waals surface area contributed by atoms with Crippen molar-refractivity contribution in [2.75, 3.05) is 0 Å². The summed E-state index contributed by atoms with van der Waals surface area (Å²) in [7, 11) is 1.58. The van der Waals surface area contributed by atoms with Crippen LogP contribution in [0.4, 0.5) is 8.78 Å². The predicted octanol–water partition coefficient (Wildman–Crippen LogP) is 2.01. The van der Waals surface area contributed by atoms with Crippen molar-refractivity contribution in [3.8, 4) is 0 Å². The van der Waals surface area contributed by atoms with Gasteiger partial charge in [0.05, 0.1) is 22.8 Å². The van der Waals surface area contributed by atoms with Gasteiger partial charge in [0.25, 0.3) is 6.43 Å². The molecule has 0 aliphatic rings. The van der Waals surface area contributed by atoms with Crippen molar-refractivity contribution >= 4 is 17.4 Å². The lowest BCUT2D eigenvalue weighted by Crippen LogP contribution is -2.15. The molecule has 1 rings (SSSR count). The Hall–Kier alpha value is -0.970. The lowest BCUT2D eigenvalue weighted by molar-refractivity contribution is -0.128. The number of aromatic nitrogens is 2. The molecule has 0 fully saturated rings. The van der Waals surface area contributed by atoms with Gasteiger partial charge < -0.3 is 0 Å². The van der Waals surface area contributed by atoms with E-state index in [1.54, 1.807) is 7.05 Å². The SMILES string of the molecule is CCc1nn(C)c(CC(=O)C(F)F)c1Cl. The Morgan fingerprint density at radius 1 is 1.60 bits per heavy atom. The van der Waals surface area contributed by atoms with Crippen molar-refractivity contribution in [2.45, 2.75) is 26.2 Å². The van der Waals surface area contributed by atoms with E-state index in [1.165, 1.54) is 4.68 Å². The first kappa shape index (κ1) is 12.1. The van der Waals surface area contributed by atoms with E-state index in [2.05, 4.69) is 5.10 Å².